The molecular formula is C11H9Cl2F6NO3S. The predicted octanol–water partition coefficient (Wildman–Crippen LogP) is 3.37. The third kappa shape index (κ3) is 4.88. The van der Waals surface area contributed by atoms with E-state index in [1.807, 2.05) is 0 Å². The van der Waals surface area contributed by atoms with Crippen molar-refractivity contribution < 1.29 is 39.9 Å². The van der Waals surface area contributed by atoms with Gasteiger partial charge in [-0.05, 0) is 12.1 Å². The normalized spacial score (nSPS) is 14.9. The smallest absolute Gasteiger partial charge is 0.395 e. The molecule has 1 unspecified atom stereocenters. The van der Waals surface area contributed by atoms with Crippen LogP contribution in [0.2, 0.25) is 10.0 Å². The van der Waals surface area contributed by atoms with E-state index in [2.05, 4.69) is 0 Å². The Balaban J connectivity index is 3.30. The average Bonchev–Trinajstić information content (AvgIpc) is 2.37. The molecular weight excluding hydrogens is 411 g/mol. The molecule has 4 nitrogen and oxygen atoms in total. The number of aliphatic hydroxyl groups excluding tert-OH is 1. The Bertz CT molecular complexity index is 678. The third-order valence-electron chi connectivity index (χ3n) is 2.82. The zero-order chi connectivity index (χ0) is 18.9. The summed E-state index contributed by atoms with van der Waals surface area (Å²) < 4.78 is 101. The molecule has 0 amide bonds. The molecule has 1 aromatic rings. The van der Waals surface area contributed by atoms with Crippen molar-refractivity contribution in [2.24, 2.45) is 5.92 Å². The predicted molar refractivity (Wildman–Crippen MR) is 73.3 cm³/mol. The van der Waals surface area contributed by atoms with Gasteiger partial charge >= 0.3 is 12.4 Å². The largest absolute Gasteiger partial charge is 0.402 e. The third-order valence-corrected chi connectivity index (χ3v) is 5.28. The van der Waals surface area contributed by atoms with E-state index in [1.54, 1.807) is 0 Å². The van der Waals surface area contributed by atoms with E-state index in [4.69, 9.17) is 28.3 Å². The molecule has 13 heteroatoms. The van der Waals surface area contributed by atoms with Gasteiger partial charge in [0.05, 0.1) is 22.7 Å². The molecule has 0 radical (unpaired) electrons. The minimum Gasteiger partial charge on any atom is -0.395 e. The first kappa shape index (κ1) is 21.3. The lowest BCUT2D eigenvalue weighted by Gasteiger charge is -2.29. The zero-order valence-corrected chi connectivity index (χ0v) is 13.6. The van der Waals surface area contributed by atoms with Crippen molar-refractivity contribution in [3.05, 3.63) is 28.2 Å². The van der Waals surface area contributed by atoms with Gasteiger partial charge in [0, 0.05) is 0 Å². The lowest BCUT2D eigenvalue weighted by molar-refractivity contribution is -0.292. The summed E-state index contributed by atoms with van der Waals surface area (Å²) in [6.07, 6.45) is -11.7. The van der Waals surface area contributed by atoms with Crippen LogP contribution in [-0.2, 0) is 10.0 Å². The van der Waals surface area contributed by atoms with Gasteiger partial charge in [-0.15, -0.1) is 0 Å². The second-order valence-corrected chi connectivity index (χ2v) is 6.99. The minimum absolute atomic E-state index is 0.275. The molecule has 1 rings (SSSR count). The van der Waals surface area contributed by atoms with Crippen molar-refractivity contribution in [2.75, 3.05) is 6.61 Å². The molecule has 0 aliphatic carbocycles. The highest BCUT2D eigenvalue weighted by molar-refractivity contribution is 7.89. The summed E-state index contributed by atoms with van der Waals surface area (Å²) in [5.41, 5.74) is 0. The number of nitrogens with one attached hydrogen (secondary N) is 1. The summed E-state index contributed by atoms with van der Waals surface area (Å²) in [7, 11) is -4.92. The quantitative estimate of drug-likeness (QED) is 0.719. The van der Waals surface area contributed by atoms with Gasteiger partial charge in [-0.3, -0.25) is 0 Å². The van der Waals surface area contributed by atoms with Gasteiger partial charge in [-0.25, -0.2) is 13.1 Å². The fraction of sp³-hybridized carbons (Fsp3) is 0.455. The maximum absolute atomic E-state index is 12.7. The molecule has 138 valence electrons. The highest BCUT2D eigenvalue weighted by Gasteiger charge is 2.60. The Hall–Kier alpha value is -0.750. The molecule has 0 heterocycles. The first-order valence-corrected chi connectivity index (χ1v) is 8.16. The van der Waals surface area contributed by atoms with E-state index in [0.717, 1.165) is 12.1 Å². The molecule has 0 aliphatic heterocycles. The Morgan fingerprint density at radius 3 is 2.00 bits per heavy atom. The summed E-state index contributed by atoms with van der Waals surface area (Å²) in [6.45, 7) is -1.75. The van der Waals surface area contributed by atoms with E-state index >= 15 is 0 Å². The summed E-state index contributed by atoms with van der Waals surface area (Å²) in [5.74, 6) is -4.11. The lowest BCUT2D eigenvalue weighted by atomic mass is 10.00. The Morgan fingerprint density at radius 1 is 1.08 bits per heavy atom. The van der Waals surface area contributed by atoms with Crippen LogP contribution in [0, 0.1) is 5.92 Å². The standard InChI is InChI=1S/C11H9Cl2F6NO3S/c12-5-2-1-3-7(8(5)13)24(22,23)20-6(4-21)9(10(14,15)16)11(17,18)19/h1-3,6,9,20-21H,4H2. The molecule has 0 aromatic heterocycles. The fourth-order valence-electron chi connectivity index (χ4n) is 1.81. The van der Waals surface area contributed by atoms with Crippen molar-refractivity contribution in [1.29, 1.82) is 0 Å². The van der Waals surface area contributed by atoms with Crippen LogP contribution in [0.25, 0.3) is 0 Å². The van der Waals surface area contributed by atoms with Crippen LogP contribution >= 0.6 is 23.2 Å². The number of hydrogen-bond donors (Lipinski definition) is 2. The lowest BCUT2D eigenvalue weighted by Crippen LogP contribution is -2.54. The Kier molecular flexibility index (Phi) is 6.42. The average molecular weight is 420 g/mol. The number of sulfonamides is 1. The van der Waals surface area contributed by atoms with Crippen LogP contribution in [0.3, 0.4) is 0 Å². The van der Waals surface area contributed by atoms with E-state index in [-0.39, 0.29) is 5.02 Å². The summed E-state index contributed by atoms with van der Waals surface area (Å²) >= 11 is 11.2. The van der Waals surface area contributed by atoms with Crippen LogP contribution in [0.1, 0.15) is 0 Å². The number of hydrogen-bond acceptors (Lipinski definition) is 3. The fourth-order valence-corrected chi connectivity index (χ4v) is 3.81. The van der Waals surface area contributed by atoms with Crippen LogP contribution in [0.4, 0.5) is 26.3 Å². The number of aliphatic hydroxyl groups is 1. The Labute approximate surface area is 142 Å². The van der Waals surface area contributed by atoms with Gasteiger partial charge in [0.1, 0.15) is 4.90 Å². The van der Waals surface area contributed by atoms with Crippen LogP contribution in [0.15, 0.2) is 23.1 Å². The number of benzene rings is 1. The molecule has 0 saturated carbocycles. The van der Waals surface area contributed by atoms with Crippen molar-refractivity contribution in [1.82, 2.24) is 4.72 Å². The van der Waals surface area contributed by atoms with Gasteiger partial charge in [-0.2, -0.15) is 26.3 Å². The minimum atomic E-state index is -5.84. The summed E-state index contributed by atoms with van der Waals surface area (Å²) in [6, 6.07) is 0.189. The maximum Gasteiger partial charge on any atom is 0.402 e. The van der Waals surface area contributed by atoms with Crippen LogP contribution < -0.4 is 4.72 Å². The molecule has 2 N–H and O–H groups in total. The molecule has 1 atom stereocenters. The zero-order valence-electron chi connectivity index (χ0n) is 11.3. The van der Waals surface area contributed by atoms with E-state index < -0.39 is 50.9 Å². The first-order chi connectivity index (χ1) is 10.7. The van der Waals surface area contributed by atoms with Gasteiger partial charge in [0.25, 0.3) is 0 Å². The topological polar surface area (TPSA) is 66.4 Å². The molecule has 0 saturated heterocycles. The SMILES string of the molecule is O=S(=O)(NC(CO)C(C(F)(F)F)C(F)(F)F)c1cccc(Cl)c1Cl. The summed E-state index contributed by atoms with van der Waals surface area (Å²) in [4.78, 5) is -0.821. The number of rotatable bonds is 5. The van der Waals surface area contributed by atoms with Crippen molar-refractivity contribution in [3.8, 4) is 0 Å². The molecule has 0 spiro atoms. The van der Waals surface area contributed by atoms with Crippen molar-refractivity contribution in [2.45, 2.75) is 23.3 Å². The van der Waals surface area contributed by atoms with Crippen LogP contribution in [-0.4, -0.2) is 38.5 Å². The molecule has 24 heavy (non-hydrogen) atoms. The van der Waals surface area contributed by atoms with E-state index in [9.17, 15) is 34.8 Å². The first-order valence-electron chi connectivity index (χ1n) is 5.92. The number of halogens is 8. The molecule has 0 fully saturated rings. The van der Waals surface area contributed by atoms with Crippen molar-refractivity contribution in [3.63, 3.8) is 0 Å². The van der Waals surface area contributed by atoms with Gasteiger partial charge in [0.15, 0.2) is 5.92 Å². The van der Waals surface area contributed by atoms with Gasteiger partial charge in [0.2, 0.25) is 10.0 Å². The molecule has 0 aliphatic rings. The number of alkyl halides is 6. The second kappa shape index (κ2) is 7.24. The second-order valence-electron chi connectivity index (χ2n) is 4.52. The highest BCUT2D eigenvalue weighted by atomic mass is 35.5. The van der Waals surface area contributed by atoms with Gasteiger partial charge < -0.3 is 5.11 Å². The highest BCUT2D eigenvalue weighted by Crippen LogP contribution is 2.42. The maximum atomic E-state index is 12.7. The van der Waals surface area contributed by atoms with Gasteiger partial charge in [-0.1, -0.05) is 29.3 Å². The van der Waals surface area contributed by atoms with Crippen molar-refractivity contribution >= 4 is 33.2 Å². The van der Waals surface area contributed by atoms with E-state index in [0.29, 0.717) is 0 Å². The molecule has 1 aromatic carbocycles. The monoisotopic (exact) mass is 419 g/mol. The van der Waals surface area contributed by atoms with Crippen LogP contribution in [0.5, 0.6) is 0 Å². The summed E-state index contributed by atoms with van der Waals surface area (Å²) in [5, 5.41) is 8.01. The Morgan fingerprint density at radius 2 is 1.58 bits per heavy atom. The van der Waals surface area contributed by atoms with E-state index in [1.165, 1.54) is 10.8 Å². The molecule has 0 bridgehead atoms.